The van der Waals surface area contributed by atoms with Crippen molar-refractivity contribution in [3.05, 3.63) is 70.3 Å². The van der Waals surface area contributed by atoms with Gasteiger partial charge in [-0.25, -0.2) is 4.98 Å². The number of pyridine rings is 1. The van der Waals surface area contributed by atoms with E-state index >= 15 is 0 Å². The van der Waals surface area contributed by atoms with Gasteiger partial charge in [-0.05, 0) is 36.4 Å². The van der Waals surface area contributed by atoms with Gasteiger partial charge in [0.05, 0.1) is 32.1 Å². The van der Waals surface area contributed by atoms with E-state index in [4.69, 9.17) is 9.47 Å². The predicted molar refractivity (Wildman–Crippen MR) is 109 cm³/mol. The Morgan fingerprint density at radius 2 is 1.87 bits per heavy atom. The van der Waals surface area contributed by atoms with Gasteiger partial charge in [0.15, 0.2) is 5.65 Å². The number of anilines is 1. The first kappa shape index (κ1) is 19.6. The summed E-state index contributed by atoms with van der Waals surface area (Å²) in [6.07, 6.45) is 2.79. The summed E-state index contributed by atoms with van der Waals surface area (Å²) in [4.78, 5) is 44.2. The third-order valence-corrected chi connectivity index (χ3v) is 4.86. The number of morpholine rings is 1. The molecule has 2 amide bonds. The average Bonchev–Trinajstić information content (AvgIpc) is 2.80. The fraction of sp³-hybridized carbons (Fsp3) is 0.238. The number of amides is 2. The maximum atomic E-state index is 12.9. The Bertz CT molecular complexity index is 1150. The van der Waals surface area contributed by atoms with Crippen LogP contribution in [0.4, 0.5) is 5.69 Å². The number of fused-ring (bicyclic) bond motifs is 1. The molecule has 0 aliphatic carbocycles. The van der Waals surface area contributed by atoms with Crippen molar-refractivity contribution in [2.24, 2.45) is 0 Å². The smallest absolute Gasteiger partial charge is 0.281 e. The van der Waals surface area contributed by atoms with Gasteiger partial charge in [0.25, 0.3) is 17.4 Å². The molecule has 1 fully saturated rings. The van der Waals surface area contributed by atoms with Crippen LogP contribution in [0.15, 0.2) is 53.6 Å². The van der Waals surface area contributed by atoms with Crippen molar-refractivity contribution in [1.82, 2.24) is 14.3 Å². The van der Waals surface area contributed by atoms with E-state index < -0.39 is 11.5 Å². The molecular weight excluding hydrogens is 388 g/mol. The number of rotatable bonds is 4. The lowest BCUT2D eigenvalue weighted by atomic mass is 10.2. The van der Waals surface area contributed by atoms with Crippen molar-refractivity contribution < 1.29 is 19.1 Å². The number of carbonyl (C=O) groups is 2. The summed E-state index contributed by atoms with van der Waals surface area (Å²) in [5, 5.41) is 2.58. The number of carbonyl (C=O) groups excluding carboxylic acids is 2. The van der Waals surface area contributed by atoms with E-state index in [1.165, 1.54) is 23.9 Å². The molecule has 1 saturated heterocycles. The first-order valence-electron chi connectivity index (χ1n) is 9.41. The summed E-state index contributed by atoms with van der Waals surface area (Å²) >= 11 is 0. The van der Waals surface area contributed by atoms with Crippen molar-refractivity contribution >= 4 is 23.1 Å². The standard InChI is InChI=1S/C21H20N4O5/c1-29-15-6-4-14(5-7-15)19(26)23-17-13-22-18-16(3-2-8-25(18)21(17)28)20(27)24-9-11-30-12-10-24/h2-8,13H,9-12H2,1H3,(H,23,26). The van der Waals surface area contributed by atoms with Crippen LogP contribution in [-0.4, -0.2) is 59.5 Å². The van der Waals surface area contributed by atoms with Crippen LogP contribution in [0.25, 0.3) is 5.65 Å². The molecular formula is C21H20N4O5. The third-order valence-electron chi connectivity index (χ3n) is 4.86. The second-order valence-electron chi connectivity index (χ2n) is 6.68. The second-order valence-corrected chi connectivity index (χ2v) is 6.68. The molecule has 2 aromatic heterocycles. The zero-order valence-corrected chi connectivity index (χ0v) is 16.3. The van der Waals surface area contributed by atoms with Crippen LogP contribution in [0.1, 0.15) is 20.7 Å². The lowest BCUT2D eigenvalue weighted by Crippen LogP contribution is -2.41. The molecule has 3 heterocycles. The van der Waals surface area contributed by atoms with Crippen LogP contribution in [0.3, 0.4) is 0 Å². The maximum Gasteiger partial charge on any atom is 0.281 e. The van der Waals surface area contributed by atoms with Crippen molar-refractivity contribution in [2.45, 2.75) is 0 Å². The molecule has 0 unspecified atom stereocenters. The van der Waals surface area contributed by atoms with Crippen molar-refractivity contribution in [3.63, 3.8) is 0 Å². The Hall–Kier alpha value is -3.72. The first-order chi connectivity index (χ1) is 14.6. The van der Waals surface area contributed by atoms with Crippen LogP contribution in [0.5, 0.6) is 5.75 Å². The van der Waals surface area contributed by atoms with Gasteiger partial charge in [-0.1, -0.05) is 0 Å². The summed E-state index contributed by atoms with van der Waals surface area (Å²) in [6.45, 7) is 1.93. The molecule has 154 valence electrons. The fourth-order valence-electron chi connectivity index (χ4n) is 3.23. The summed E-state index contributed by atoms with van der Waals surface area (Å²) in [6, 6.07) is 9.75. The number of ether oxygens (including phenoxy) is 2. The van der Waals surface area contributed by atoms with Crippen molar-refractivity contribution in [2.75, 3.05) is 38.7 Å². The Labute approximate surface area is 171 Å². The molecule has 9 heteroatoms. The van der Waals surface area contributed by atoms with E-state index in [1.807, 2.05) is 0 Å². The van der Waals surface area contributed by atoms with E-state index in [0.717, 1.165) is 0 Å². The van der Waals surface area contributed by atoms with Crippen molar-refractivity contribution in [1.29, 1.82) is 0 Å². The topological polar surface area (TPSA) is 102 Å². The second kappa shape index (κ2) is 8.34. The zero-order chi connectivity index (χ0) is 21.1. The highest BCUT2D eigenvalue weighted by Crippen LogP contribution is 2.15. The predicted octanol–water partition coefficient (Wildman–Crippen LogP) is 1.43. The minimum absolute atomic E-state index is 0.0179. The minimum Gasteiger partial charge on any atom is -0.497 e. The average molecular weight is 408 g/mol. The molecule has 0 bridgehead atoms. The van der Waals surface area contributed by atoms with Gasteiger partial charge in [-0.15, -0.1) is 0 Å². The van der Waals surface area contributed by atoms with Gasteiger partial charge in [-0.2, -0.15) is 0 Å². The molecule has 0 spiro atoms. The monoisotopic (exact) mass is 408 g/mol. The molecule has 30 heavy (non-hydrogen) atoms. The molecule has 9 nitrogen and oxygen atoms in total. The zero-order valence-electron chi connectivity index (χ0n) is 16.3. The Morgan fingerprint density at radius 1 is 1.13 bits per heavy atom. The van der Waals surface area contributed by atoms with E-state index in [0.29, 0.717) is 43.2 Å². The fourth-order valence-corrected chi connectivity index (χ4v) is 3.23. The maximum absolute atomic E-state index is 12.9. The lowest BCUT2D eigenvalue weighted by Gasteiger charge is -2.27. The number of aromatic nitrogens is 2. The number of hydrogen-bond donors (Lipinski definition) is 1. The van der Waals surface area contributed by atoms with Crippen LogP contribution in [0, 0.1) is 0 Å². The van der Waals surface area contributed by atoms with E-state index in [9.17, 15) is 14.4 Å². The highest BCUT2D eigenvalue weighted by Gasteiger charge is 2.22. The normalized spacial score (nSPS) is 13.8. The number of benzene rings is 1. The van der Waals surface area contributed by atoms with Gasteiger partial charge in [0.1, 0.15) is 11.4 Å². The molecule has 1 aromatic carbocycles. The molecule has 0 atom stereocenters. The molecule has 1 aliphatic heterocycles. The largest absolute Gasteiger partial charge is 0.497 e. The number of hydrogen-bond acceptors (Lipinski definition) is 6. The molecule has 3 aromatic rings. The van der Waals surface area contributed by atoms with Crippen LogP contribution in [0.2, 0.25) is 0 Å². The molecule has 1 N–H and O–H groups in total. The number of nitrogens with one attached hydrogen (secondary N) is 1. The van der Waals surface area contributed by atoms with Gasteiger partial charge in [-0.3, -0.25) is 18.8 Å². The first-order valence-corrected chi connectivity index (χ1v) is 9.41. The Morgan fingerprint density at radius 3 is 2.57 bits per heavy atom. The van der Waals surface area contributed by atoms with E-state index in [-0.39, 0.29) is 17.2 Å². The quantitative estimate of drug-likeness (QED) is 0.701. The van der Waals surface area contributed by atoms with Crippen molar-refractivity contribution in [3.8, 4) is 5.75 Å². The Kier molecular flexibility index (Phi) is 5.44. The van der Waals surface area contributed by atoms with Gasteiger partial charge in [0.2, 0.25) is 0 Å². The highest BCUT2D eigenvalue weighted by atomic mass is 16.5. The van der Waals surface area contributed by atoms with Gasteiger partial charge in [0, 0.05) is 24.8 Å². The van der Waals surface area contributed by atoms with Crippen LogP contribution in [-0.2, 0) is 4.74 Å². The highest BCUT2D eigenvalue weighted by molar-refractivity contribution is 6.04. The summed E-state index contributed by atoms with van der Waals surface area (Å²) in [5.74, 6) is -0.0353. The number of methoxy groups -OCH3 is 1. The van der Waals surface area contributed by atoms with Crippen LogP contribution < -0.4 is 15.6 Å². The minimum atomic E-state index is -0.474. The van der Waals surface area contributed by atoms with Crippen LogP contribution >= 0.6 is 0 Å². The summed E-state index contributed by atoms with van der Waals surface area (Å²) < 4.78 is 11.6. The summed E-state index contributed by atoms with van der Waals surface area (Å²) in [5.41, 5.74) is 0.477. The number of nitrogens with zero attached hydrogens (tertiary/aromatic N) is 3. The lowest BCUT2D eigenvalue weighted by molar-refractivity contribution is 0.0303. The molecule has 1 aliphatic rings. The van der Waals surface area contributed by atoms with E-state index in [2.05, 4.69) is 10.3 Å². The third kappa shape index (κ3) is 3.74. The summed E-state index contributed by atoms with van der Waals surface area (Å²) in [7, 11) is 1.54. The van der Waals surface area contributed by atoms with Gasteiger partial charge >= 0.3 is 0 Å². The van der Waals surface area contributed by atoms with E-state index in [1.54, 1.807) is 41.3 Å². The van der Waals surface area contributed by atoms with Gasteiger partial charge < -0.3 is 19.7 Å². The molecule has 0 saturated carbocycles. The Balaban J connectivity index is 1.63. The SMILES string of the molecule is COc1ccc(C(=O)Nc2cnc3c(C(=O)N4CCOCC4)cccn3c2=O)cc1. The molecule has 4 rings (SSSR count). The molecule has 0 radical (unpaired) electrons.